The number of halogens is 1. The molecule has 2 rings (SSSR count). The Morgan fingerprint density at radius 2 is 2.12 bits per heavy atom. The molecule has 1 aromatic carbocycles. The maximum Gasteiger partial charge on any atom is 0.220 e. The van der Waals surface area contributed by atoms with Crippen LogP contribution in [0.3, 0.4) is 0 Å². The van der Waals surface area contributed by atoms with Crippen LogP contribution in [0.4, 0.5) is 5.69 Å². The minimum absolute atomic E-state index is 0.174. The van der Waals surface area contributed by atoms with Gasteiger partial charge in [0, 0.05) is 9.64 Å². The fraction of sp³-hybridized carbons (Fsp3) is 0. The molecule has 0 spiro atoms. The summed E-state index contributed by atoms with van der Waals surface area (Å²) in [5.74, 6) is 1.04. The van der Waals surface area contributed by atoms with Crippen molar-refractivity contribution in [3.8, 4) is 17.7 Å². The van der Waals surface area contributed by atoms with Gasteiger partial charge in [-0.2, -0.15) is 5.26 Å². The van der Waals surface area contributed by atoms with Gasteiger partial charge in [0.2, 0.25) is 5.88 Å². The van der Waals surface area contributed by atoms with Gasteiger partial charge in [-0.1, -0.05) is 6.07 Å². The number of pyridine rings is 1. The zero-order valence-electron chi connectivity index (χ0n) is 8.72. The third-order valence-electron chi connectivity index (χ3n) is 2.03. The second kappa shape index (κ2) is 5.01. The lowest BCUT2D eigenvalue weighted by molar-refractivity contribution is 0.462. The molecule has 1 heterocycles. The number of nitrogens with zero attached hydrogens (tertiary/aromatic N) is 2. The van der Waals surface area contributed by atoms with Gasteiger partial charge in [0.15, 0.2) is 5.69 Å². The molecule has 1 aromatic heterocycles. The van der Waals surface area contributed by atoms with E-state index >= 15 is 0 Å². The number of hydrogen-bond donors (Lipinski definition) is 1. The van der Waals surface area contributed by atoms with Crippen LogP contribution < -0.4 is 10.5 Å². The molecule has 0 bridgehead atoms. The second-order valence-corrected chi connectivity index (χ2v) is 4.50. The molecular weight excluding hydrogens is 329 g/mol. The van der Waals surface area contributed by atoms with Crippen molar-refractivity contribution in [1.82, 2.24) is 4.98 Å². The maximum absolute atomic E-state index is 8.80. The average Bonchev–Trinajstić information content (AvgIpc) is 2.32. The lowest BCUT2D eigenvalue weighted by atomic mass is 10.3. The van der Waals surface area contributed by atoms with Crippen LogP contribution in [0.5, 0.6) is 11.6 Å². The van der Waals surface area contributed by atoms with Gasteiger partial charge in [-0.25, -0.2) is 4.98 Å². The van der Waals surface area contributed by atoms with Crippen molar-refractivity contribution in [2.24, 2.45) is 0 Å². The first-order valence-electron chi connectivity index (χ1n) is 4.79. The van der Waals surface area contributed by atoms with Gasteiger partial charge in [-0.3, -0.25) is 0 Å². The van der Waals surface area contributed by atoms with Crippen molar-refractivity contribution in [1.29, 1.82) is 5.26 Å². The number of hydrogen-bond acceptors (Lipinski definition) is 4. The maximum atomic E-state index is 8.80. The molecule has 0 aliphatic rings. The van der Waals surface area contributed by atoms with E-state index in [9.17, 15) is 0 Å². The normalized spacial score (nSPS) is 9.65. The van der Waals surface area contributed by atoms with E-state index in [0.717, 1.165) is 3.57 Å². The highest BCUT2D eigenvalue weighted by atomic mass is 127. The van der Waals surface area contributed by atoms with E-state index in [-0.39, 0.29) is 5.69 Å². The van der Waals surface area contributed by atoms with E-state index in [1.54, 1.807) is 12.1 Å². The number of nitrogen functional groups attached to an aromatic ring is 1. The van der Waals surface area contributed by atoms with Crippen LogP contribution in [-0.4, -0.2) is 4.98 Å². The number of nitriles is 1. The summed E-state index contributed by atoms with van der Waals surface area (Å²) in [4.78, 5) is 4.00. The van der Waals surface area contributed by atoms with Gasteiger partial charge >= 0.3 is 0 Å². The van der Waals surface area contributed by atoms with Crippen molar-refractivity contribution in [2.45, 2.75) is 0 Å². The molecular formula is C12H8IN3O. The summed E-state index contributed by atoms with van der Waals surface area (Å²) in [5, 5.41) is 8.80. The fourth-order valence-corrected chi connectivity index (χ4v) is 1.76. The predicted molar refractivity (Wildman–Crippen MR) is 72.6 cm³/mol. The first kappa shape index (κ1) is 11.7. The number of aromatic nitrogens is 1. The topological polar surface area (TPSA) is 71.9 Å². The van der Waals surface area contributed by atoms with Crippen LogP contribution in [0.15, 0.2) is 36.4 Å². The first-order valence-corrected chi connectivity index (χ1v) is 5.87. The minimum atomic E-state index is 0.174. The van der Waals surface area contributed by atoms with E-state index in [1.165, 1.54) is 0 Å². The summed E-state index contributed by atoms with van der Waals surface area (Å²) < 4.78 is 6.60. The molecule has 0 aliphatic heterocycles. The summed E-state index contributed by atoms with van der Waals surface area (Å²) in [5.41, 5.74) is 6.10. The van der Waals surface area contributed by atoms with Crippen molar-refractivity contribution < 1.29 is 4.74 Å². The van der Waals surface area contributed by atoms with E-state index in [2.05, 4.69) is 27.6 Å². The Morgan fingerprint density at radius 3 is 2.82 bits per heavy atom. The van der Waals surface area contributed by atoms with Crippen molar-refractivity contribution >= 4 is 28.3 Å². The Hall–Kier alpha value is -1.81. The Morgan fingerprint density at radius 1 is 1.29 bits per heavy atom. The first-order chi connectivity index (χ1) is 8.19. The predicted octanol–water partition coefficient (Wildman–Crippen LogP) is 2.93. The molecule has 5 heteroatoms. The zero-order valence-corrected chi connectivity index (χ0v) is 10.9. The third kappa shape index (κ3) is 2.85. The van der Waals surface area contributed by atoms with Crippen LogP contribution in [0.2, 0.25) is 0 Å². The van der Waals surface area contributed by atoms with E-state index < -0.39 is 0 Å². The van der Waals surface area contributed by atoms with Crippen molar-refractivity contribution in [3.05, 3.63) is 45.7 Å². The van der Waals surface area contributed by atoms with Crippen molar-refractivity contribution in [3.63, 3.8) is 0 Å². The zero-order chi connectivity index (χ0) is 12.3. The smallest absolute Gasteiger partial charge is 0.220 e. The molecule has 84 valence electrons. The number of rotatable bonds is 2. The van der Waals surface area contributed by atoms with Gasteiger partial charge in [0.05, 0.1) is 5.69 Å². The Balaban J connectivity index is 2.28. The molecule has 0 saturated heterocycles. The lowest BCUT2D eigenvalue weighted by Gasteiger charge is -2.05. The van der Waals surface area contributed by atoms with Gasteiger partial charge in [0.1, 0.15) is 11.8 Å². The summed E-state index contributed by atoms with van der Waals surface area (Å²) in [6.45, 7) is 0. The average molecular weight is 337 g/mol. The van der Waals surface area contributed by atoms with Crippen LogP contribution in [-0.2, 0) is 0 Å². The number of anilines is 1. The molecule has 0 fully saturated rings. The Labute approximate surface area is 112 Å². The molecule has 0 saturated carbocycles. The molecule has 0 amide bonds. The Kier molecular flexibility index (Phi) is 3.44. The Bertz CT molecular complexity index is 593. The molecule has 0 unspecified atom stereocenters. The molecule has 0 atom stereocenters. The van der Waals surface area contributed by atoms with Gasteiger partial charge in [-0.15, -0.1) is 0 Å². The van der Waals surface area contributed by atoms with E-state index in [4.69, 9.17) is 15.7 Å². The quantitative estimate of drug-likeness (QED) is 0.856. The summed E-state index contributed by atoms with van der Waals surface area (Å²) in [6.07, 6.45) is 0. The van der Waals surface area contributed by atoms with Crippen LogP contribution in [0.1, 0.15) is 5.69 Å². The van der Waals surface area contributed by atoms with E-state index in [0.29, 0.717) is 17.3 Å². The summed E-state index contributed by atoms with van der Waals surface area (Å²) in [6, 6.07) is 12.7. The fourth-order valence-electron chi connectivity index (χ4n) is 1.25. The highest BCUT2D eigenvalue weighted by molar-refractivity contribution is 14.1. The lowest BCUT2D eigenvalue weighted by Crippen LogP contribution is -1.96. The molecule has 0 radical (unpaired) electrons. The number of benzene rings is 1. The summed E-state index contributed by atoms with van der Waals surface area (Å²) >= 11 is 2.19. The summed E-state index contributed by atoms with van der Waals surface area (Å²) in [7, 11) is 0. The number of nitrogens with two attached hydrogens (primary N) is 1. The van der Waals surface area contributed by atoms with Crippen molar-refractivity contribution in [2.75, 3.05) is 5.73 Å². The van der Waals surface area contributed by atoms with Gasteiger partial charge in [-0.05, 0) is 46.9 Å². The van der Waals surface area contributed by atoms with Crippen LogP contribution in [0.25, 0.3) is 0 Å². The van der Waals surface area contributed by atoms with Crippen LogP contribution in [0, 0.1) is 14.9 Å². The second-order valence-electron chi connectivity index (χ2n) is 3.26. The molecule has 17 heavy (non-hydrogen) atoms. The van der Waals surface area contributed by atoms with Gasteiger partial charge in [0.25, 0.3) is 0 Å². The van der Waals surface area contributed by atoms with E-state index in [1.807, 2.05) is 30.3 Å². The highest BCUT2D eigenvalue weighted by Crippen LogP contribution is 2.22. The molecule has 2 N–H and O–H groups in total. The third-order valence-corrected chi connectivity index (χ3v) is 2.70. The molecule has 0 aliphatic carbocycles. The van der Waals surface area contributed by atoms with Gasteiger partial charge < -0.3 is 10.5 Å². The molecule has 4 nitrogen and oxygen atoms in total. The molecule has 2 aromatic rings. The standard InChI is InChI=1S/C12H8IN3O/c13-8-2-1-3-9(6-8)17-12-5-4-10(15)11(7-14)16-12/h1-6H,15H2. The number of ether oxygens (including phenoxy) is 1. The monoisotopic (exact) mass is 337 g/mol. The minimum Gasteiger partial charge on any atom is -0.439 e. The van der Waals surface area contributed by atoms with Crippen LogP contribution >= 0.6 is 22.6 Å². The SMILES string of the molecule is N#Cc1nc(Oc2cccc(I)c2)ccc1N. The largest absolute Gasteiger partial charge is 0.439 e. The highest BCUT2D eigenvalue weighted by Gasteiger charge is 2.04.